The topological polar surface area (TPSA) is 26.3 Å². The SMILES string of the molecule is CCOc1cc(C(=O)C(F)(F)F)ccc1Cl. The molecule has 0 unspecified atom stereocenters. The van der Waals surface area contributed by atoms with E-state index >= 15 is 0 Å². The van der Waals surface area contributed by atoms with Crippen LogP contribution in [0.2, 0.25) is 5.02 Å². The van der Waals surface area contributed by atoms with Gasteiger partial charge in [-0.1, -0.05) is 11.6 Å². The second kappa shape index (κ2) is 4.74. The zero-order valence-electron chi connectivity index (χ0n) is 8.27. The highest BCUT2D eigenvalue weighted by Crippen LogP contribution is 2.29. The molecule has 0 amide bonds. The summed E-state index contributed by atoms with van der Waals surface area (Å²) in [7, 11) is 0. The minimum Gasteiger partial charge on any atom is -0.492 e. The third-order valence-corrected chi connectivity index (χ3v) is 2.06. The van der Waals surface area contributed by atoms with Gasteiger partial charge in [-0.15, -0.1) is 0 Å². The van der Waals surface area contributed by atoms with Gasteiger partial charge in [-0.05, 0) is 25.1 Å². The van der Waals surface area contributed by atoms with Crippen LogP contribution in [0.4, 0.5) is 13.2 Å². The van der Waals surface area contributed by atoms with Crippen molar-refractivity contribution in [2.45, 2.75) is 13.1 Å². The molecule has 1 rings (SSSR count). The van der Waals surface area contributed by atoms with Crippen molar-refractivity contribution in [1.82, 2.24) is 0 Å². The fraction of sp³-hybridized carbons (Fsp3) is 0.300. The number of Topliss-reactive ketones (excluding diaryl/α,β-unsaturated/α-hetero) is 1. The van der Waals surface area contributed by atoms with Gasteiger partial charge >= 0.3 is 6.18 Å². The van der Waals surface area contributed by atoms with Crippen LogP contribution in [0, 0.1) is 0 Å². The zero-order chi connectivity index (χ0) is 12.3. The lowest BCUT2D eigenvalue weighted by Crippen LogP contribution is -2.22. The number of rotatable bonds is 3. The van der Waals surface area contributed by atoms with E-state index in [0.717, 1.165) is 12.1 Å². The van der Waals surface area contributed by atoms with Crippen LogP contribution in [-0.4, -0.2) is 18.6 Å². The van der Waals surface area contributed by atoms with Crippen LogP contribution >= 0.6 is 11.6 Å². The lowest BCUT2D eigenvalue weighted by Gasteiger charge is -2.09. The molecule has 0 heterocycles. The third-order valence-electron chi connectivity index (χ3n) is 1.75. The maximum Gasteiger partial charge on any atom is 0.454 e. The Labute approximate surface area is 95.0 Å². The van der Waals surface area contributed by atoms with Crippen molar-refractivity contribution in [2.24, 2.45) is 0 Å². The quantitative estimate of drug-likeness (QED) is 0.770. The highest BCUT2D eigenvalue weighted by molar-refractivity contribution is 6.32. The number of carbonyl (C=O) groups is 1. The Hall–Kier alpha value is -1.23. The van der Waals surface area contributed by atoms with Gasteiger partial charge in [-0.3, -0.25) is 4.79 Å². The first-order valence-corrected chi connectivity index (χ1v) is 4.78. The number of halogens is 4. The van der Waals surface area contributed by atoms with Crippen LogP contribution in [0.1, 0.15) is 17.3 Å². The normalized spacial score (nSPS) is 11.3. The van der Waals surface area contributed by atoms with Crippen LogP contribution in [0.15, 0.2) is 18.2 Å². The lowest BCUT2D eigenvalue weighted by molar-refractivity contribution is -0.0885. The maximum absolute atomic E-state index is 12.1. The van der Waals surface area contributed by atoms with Crippen molar-refractivity contribution in [3.8, 4) is 5.75 Å². The smallest absolute Gasteiger partial charge is 0.454 e. The number of ketones is 1. The van der Waals surface area contributed by atoms with Gasteiger partial charge in [0, 0.05) is 5.56 Å². The molecule has 1 aromatic rings. The molecule has 0 bridgehead atoms. The summed E-state index contributed by atoms with van der Waals surface area (Å²) in [6.07, 6.45) is -4.89. The highest BCUT2D eigenvalue weighted by Gasteiger charge is 2.39. The Morgan fingerprint density at radius 1 is 1.44 bits per heavy atom. The molecule has 0 spiro atoms. The Kier molecular flexibility index (Phi) is 3.80. The van der Waals surface area contributed by atoms with Gasteiger partial charge in [0.15, 0.2) is 0 Å². The van der Waals surface area contributed by atoms with E-state index in [0.29, 0.717) is 0 Å². The van der Waals surface area contributed by atoms with Crippen molar-refractivity contribution in [3.05, 3.63) is 28.8 Å². The second-order valence-electron chi connectivity index (χ2n) is 2.91. The maximum atomic E-state index is 12.1. The van der Waals surface area contributed by atoms with Gasteiger partial charge in [0.05, 0.1) is 11.6 Å². The molecule has 0 aromatic heterocycles. The predicted octanol–water partition coefficient (Wildman–Crippen LogP) is 3.48. The van der Waals surface area contributed by atoms with Gasteiger partial charge in [-0.2, -0.15) is 13.2 Å². The van der Waals surface area contributed by atoms with E-state index in [-0.39, 0.29) is 17.4 Å². The fourth-order valence-corrected chi connectivity index (χ4v) is 1.25. The van der Waals surface area contributed by atoms with Gasteiger partial charge in [0.2, 0.25) is 0 Å². The number of alkyl halides is 3. The molecule has 88 valence electrons. The van der Waals surface area contributed by atoms with E-state index in [1.165, 1.54) is 6.07 Å². The number of carbonyl (C=O) groups excluding carboxylic acids is 1. The largest absolute Gasteiger partial charge is 0.492 e. The molecule has 0 aliphatic heterocycles. The van der Waals surface area contributed by atoms with E-state index in [2.05, 4.69) is 0 Å². The van der Waals surface area contributed by atoms with E-state index < -0.39 is 17.5 Å². The molecule has 0 saturated heterocycles. The first kappa shape index (κ1) is 12.8. The minimum absolute atomic E-state index is 0.0688. The molecule has 0 aliphatic rings. The van der Waals surface area contributed by atoms with Gasteiger partial charge in [0.1, 0.15) is 5.75 Å². The Bertz CT molecular complexity index is 402. The molecule has 0 saturated carbocycles. The molecule has 0 fully saturated rings. The van der Waals surface area contributed by atoms with Crippen molar-refractivity contribution >= 4 is 17.4 Å². The Balaban J connectivity index is 3.08. The van der Waals surface area contributed by atoms with Crippen LogP contribution in [0.3, 0.4) is 0 Å². The zero-order valence-corrected chi connectivity index (χ0v) is 9.02. The number of hydrogen-bond donors (Lipinski definition) is 0. The summed E-state index contributed by atoms with van der Waals surface area (Å²) < 4.78 is 41.4. The van der Waals surface area contributed by atoms with Gasteiger partial charge in [-0.25, -0.2) is 0 Å². The van der Waals surface area contributed by atoms with E-state index in [4.69, 9.17) is 16.3 Å². The van der Waals surface area contributed by atoms with E-state index in [1.807, 2.05) is 0 Å². The molecule has 0 aliphatic carbocycles. The summed E-state index contributed by atoms with van der Waals surface area (Å²) in [6.45, 7) is 1.91. The van der Waals surface area contributed by atoms with Gasteiger partial charge < -0.3 is 4.74 Å². The van der Waals surface area contributed by atoms with Crippen molar-refractivity contribution in [2.75, 3.05) is 6.61 Å². The predicted molar refractivity (Wildman–Crippen MR) is 53.0 cm³/mol. The Morgan fingerprint density at radius 2 is 2.06 bits per heavy atom. The molecular weight excluding hydrogens is 245 g/mol. The first-order valence-electron chi connectivity index (χ1n) is 4.40. The Morgan fingerprint density at radius 3 is 2.56 bits per heavy atom. The van der Waals surface area contributed by atoms with Crippen LogP contribution in [0.25, 0.3) is 0 Å². The highest BCUT2D eigenvalue weighted by atomic mass is 35.5. The lowest BCUT2D eigenvalue weighted by atomic mass is 10.1. The summed E-state index contributed by atoms with van der Waals surface area (Å²) in [5, 5.41) is 0.167. The number of hydrogen-bond acceptors (Lipinski definition) is 2. The van der Waals surface area contributed by atoms with E-state index in [9.17, 15) is 18.0 Å². The van der Waals surface area contributed by atoms with Crippen molar-refractivity contribution in [1.29, 1.82) is 0 Å². The van der Waals surface area contributed by atoms with Crippen LogP contribution in [0.5, 0.6) is 5.75 Å². The monoisotopic (exact) mass is 252 g/mol. The molecule has 6 heteroatoms. The molecule has 0 atom stereocenters. The van der Waals surface area contributed by atoms with Crippen LogP contribution in [-0.2, 0) is 0 Å². The summed E-state index contributed by atoms with van der Waals surface area (Å²) in [6, 6.07) is 3.20. The minimum atomic E-state index is -4.89. The first-order chi connectivity index (χ1) is 7.36. The molecule has 1 aromatic carbocycles. The standard InChI is InChI=1S/C10H8ClF3O2/c1-2-16-8-5-6(3-4-7(8)11)9(15)10(12,13)14/h3-5H,2H2,1H3. The summed E-state index contributed by atoms with van der Waals surface area (Å²) >= 11 is 5.68. The summed E-state index contributed by atoms with van der Waals surface area (Å²) in [4.78, 5) is 10.9. The molecule has 0 N–H and O–H groups in total. The van der Waals surface area contributed by atoms with Crippen molar-refractivity contribution in [3.63, 3.8) is 0 Å². The molecule has 0 radical (unpaired) electrons. The fourth-order valence-electron chi connectivity index (χ4n) is 1.07. The molecule has 16 heavy (non-hydrogen) atoms. The second-order valence-corrected chi connectivity index (χ2v) is 3.31. The van der Waals surface area contributed by atoms with E-state index in [1.54, 1.807) is 6.92 Å². The third kappa shape index (κ3) is 2.88. The number of ether oxygens (including phenoxy) is 1. The van der Waals surface area contributed by atoms with Gasteiger partial charge in [0.25, 0.3) is 5.78 Å². The molecular formula is C10H8ClF3O2. The molecule has 2 nitrogen and oxygen atoms in total. The summed E-state index contributed by atoms with van der Waals surface area (Å²) in [5.74, 6) is -1.84. The number of benzene rings is 1. The average molecular weight is 253 g/mol. The average Bonchev–Trinajstić information content (AvgIpc) is 2.19. The van der Waals surface area contributed by atoms with Crippen molar-refractivity contribution < 1.29 is 22.7 Å². The van der Waals surface area contributed by atoms with Crippen LogP contribution < -0.4 is 4.74 Å². The summed E-state index contributed by atoms with van der Waals surface area (Å²) in [5.41, 5.74) is -0.486.